The van der Waals surface area contributed by atoms with E-state index in [9.17, 15) is 4.79 Å². The molecule has 0 atom stereocenters. The molecule has 70 valence electrons. The summed E-state index contributed by atoms with van der Waals surface area (Å²) < 4.78 is 7.04. The van der Waals surface area contributed by atoms with E-state index >= 15 is 0 Å². The van der Waals surface area contributed by atoms with Gasteiger partial charge in [0.2, 0.25) is 0 Å². The van der Waals surface area contributed by atoms with Gasteiger partial charge in [0.15, 0.2) is 5.78 Å². The summed E-state index contributed by atoms with van der Waals surface area (Å²) in [7, 11) is 1.56. The van der Waals surface area contributed by atoms with Crippen molar-refractivity contribution in [3.63, 3.8) is 0 Å². The number of halogens is 2. The summed E-state index contributed by atoms with van der Waals surface area (Å²) in [6, 6.07) is 3.62. The summed E-state index contributed by atoms with van der Waals surface area (Å²) >= 11 is 5.54. The van der Waals surface area contributed by atoms with E-state index in [-0.39, 0.29) is 5.78 Å². The second-order valence-electron chi connectivity index (χ2n) is 2.52. The Balaban J connectivity index is 3.33. The smallest absolute Gasteiger partial charge is 0.163 e. The molecule has 0 radical (unpaired) electrons. The lowest BCUT2D eigenvalue weighted by molar-refractivity contribution is 0.101. The largest absolute Gasteiger partial charge is 0.496 e. The summed E-state index contributed by atoms with van der Waals surface area (Å²) in [5, 5.41) is 0. The lowest BCUT2D eigenvalue weighted by atomic mass is 10.1. The van der Waals surface area contributed by atoms with Crippen molar-refractivity contribution >= 4 is 44.3 Å². The van der Waals surface area contributed by atoms with Crippen LogP contribution in [-0.2, 0) is 0 Å². The molecule has 1 aromatic carbocycles. The number of carbonyl (C=O) groups is 1. The van der Waals surface area contributed by atoms with Gasteiger partial charge in [0.1, 0.15) is 5.75 Å². The molecule has 0 bridgehead atoms. The van der Waals surface area contributed by atoms with Crippen LogP contribution in [0.5, 0.6) is 5.75 Å². The van der Waals surface area contributed by atoms with E-state index in [0.717, 1.165) is 8.04 Å². The minimum Gasteiger partial charge on any atom is -0.496 e. The maximum Gasteiger partial charge on any atom is 0.163 e. The minimum absolute atomic E-state index is 0.00829. The number of hydrogen-bond acceptors (Lipinski definition) is 2. The molecule has 0 N–H and O–H groups in total. The molecule has 0 spiro atoms. The van der Waals surface area contributed by atoms with Crippen LogP contribution >= 0.6 is 38.5 Å². The number of hydrogen-bond donors (Lipinski definition) is 0. The van der Waals surface area contributed by atoms with Crippen LogP contribution < -0.4 is 4.74 Å². The van der Waals surface area contributed by atoms with Crippen molar-refractivity contribution in [3.05, 3.63) is 25.7 Å². The van der Waals surface area contributed by atoms with Crippen LogP contribution in [0.4, 0.5) is 0 Å². The molecule has 13 heavy (non-hydrogen) atoms. The Hall–Kier alpha value is -0.100. The van der Waals surface area contributed by atoms with Crippen LogP contribution in [0.25, 0.3) is 0 Å². The van der Waals surface area contributed by atoms with E-state index in [1.54, 1.807) is 13.2 Å². The van der Waals surface area contributed by atoms with Crippen molar-refractivity contribution in [3.8, 4) is 5.75 Å². The zero-order valence-corrected chi connectivity index (χ0v) is 11.0. The van der Waals surface area contributed by atoms with Crippen LogP contribution in [0.3, 0.4) is 0 Å². The summed E-state index contributed by atoms with van der Waals surface area (Å²) in [6.45, 7) is 1.52. The quantitative estimate of drug-likeness (QED) is 0.602. The van der Waals surface area contributed by atoms with Crippen LogP contribution in [0.1, 0.15) is 17.3 Å². The summed E-state index contributed by atoms with van der Waals surface area (Å²) in [4.78, 5) is 11.2. The molecule has 0 amide bonds. The molecule has 0 saturated heterocycles. The average molecular weight is 355 g/mol. The van der Waals surface area contributed by atoms with Gasteiger partial charge in [0.25, 0.3) is 0 Å². The molecule has 0 heterocycles. The number of rotatable bonds is 2. The van der Waals surface area contributed by atoms with Crippen molar-refractivity contribution in [1.82, 2.24) is 0 Å². The molecule has 0 aromatic heterocycles. The van der Waals surface area contributed by atoms with Crippen molar-refractivity contribution in [2.75, 3.05) is 7.11 Å². The summed E-state index contributed by atoms with van der Waals surface area (Å²) in [5.74, 6) is 0.633. The Bertz CT molecular complexity index is 350. The highest BCUT2D eigenvalue weighted by Crippen LogP contribution is 2.28. The highest BCUT2D eigenvalue weighted by Gasteiger charge is 2.10. The van der Waals surface area contributed by atoms with Crippen molar-refractivity contribution in [1.29, 1.82) is 0 Å². The zero-order chi connectivity index (χ0) is 10.0. The van der Waals surface area contributed by atoms with Crippen LogP contribution in [-0.4, -0.2) is 12.9 Å². The third kappa shape index (κ3) is 2.43. The first-order chi connectivity index (χ1) is 6.06. The van der Waals surface area contributed by atoms with Gasteiger partial charge >= 0.3 is 0 Å². The van der Waals surface area contributed by atoms with E-state index < -0.39 is 0 Å². The summed E-state index contributed by atoms with van der Waals surface area (Å²) in [5.41, 5.74) is 0.606. The predicted octanol–water partition coefficient (Wildman–Crippen LogP) is 3.26. The summed E-state index contributed by atoms with van der Waals surface area (Å²) in [6.07, 6.45) is 0. The third-order valence-corrected chi connectivity index (χ3v) is 3.91. The number of carbonyl (C=O) groups excluding carboxylic acids is 1. The van der Waals surface area contributed by atoms with Gasteiger partial charge in [-0.15, -0.1) is 0 Å². The second kappa shape index (κ2) is 4.41. The van der Waals surface area contributed by atoms with Crippen LogP contribution in [0.2, 0.25) is 0 Å². The Kier molecular flexibility index (Phi) is 3.73. The van der Waals surface area contributed by atoms with Gasteiger partial charge in [-0.05, 0) is 57.6 Å². The average Bonchev–Trinajstić information content (AvgIpc) is 2.08. The number of ether oxygens (including phenoxy) is 1. The molecule has 0 saturated carbocycles. The highest BCUT2D eigenvalue weighted by atomic mass is 127. The molecule has 0 aliphatic heterocycles. The van der Waals surface area contributed by atoms with E-state index in [1.165, 1.54) is 6.92 Å². The molecule has 1 rings (SSSR count). The van der Waals surface area contributed by atoms with Crippen LogP contribution in [0, 0.1) is 3.57 Å². The van der Waals surface area contributed by atoms with Crippen molar-refractivity contribution in [2.24, 2.45) is 0 Å². The molecule has 4 heteroatoms. The fourth-order valence-corrected chi connectivity index (χ4v) is 1.75. The van der Waals surface area contributed by atoms with E-state index in [2.05, 4.69) is 38.5 Å². The monoisotopic (exact) mass is 354 g/mol. The second-order valence-corrected chi connectivity index (χ2v) is 4.54. The Morgan fingerprint density at radius 1 is 1.54 bits per heavy atom. The molecule has 1 aromatic rings. The maximum absolute atomic E-state index is 11.2. The fourth-order valence-electron chi connectivity index (χ4n) is 0.973. The van der Waals surface area contributed by atoms with E-state index in [1.807, 2.05) is 6.07 Å². The van der Waals surface area contributed by atoms with Crippen molar-refractivity contribution < 1.29 is 9.53 Å². The first-order valence-electron chi connectivity index (χ1n) is 3.60. The van der Waals surface area contributed by atoms with Gasteiger partial charge in [-0.25, -0.2) is 0 Å². The topological polar surface area (TPSA) is 26.3 Å². The Morgan fingerprint density at radius 2 is 2.15 bits per heavy atom. The van der Waals surface area contributed by atoms with Crippen molar-refractivity contribution in [2.45, 2.75) is 6.92 Å². The number of benzene rings is 1. The standard InChI is InChI=1S/C9H8BrIO2/c1-5(12)6-3-7(10)8(11)4-9(6)13-2/h3-4H,1-2H3. The van der Waals surface area contributed by atoms with Gasteiger partial charge in [0.05, 0.1) is 12.7 Å². The molecular formula is C9H8BrIO2. The van der Waals surface area contributed by atoms with Gasteiger partial charge in [-0.2, -0.15) is 0 Å². The first kappa shape index (κ1) is 11.0. The third-order valence-electron chi connectivity index (χ3n) is 1.62. The Labute approximate surface area is 98.9 Å². The number of methoxy groups -OCH3 is 1. The molecular weight excluding hydrogens is 347 g/mol. The molecule has 0 aliphatic rings. The highest BCUT2D eigenvalue weighted by molar-refractivity contribution is 14.1. The minimum atomic E-state index is 0.00829. The fraction of sp³-hybridized carbons (Fsp3) is 0.222. The van der Waals surface area contributed by atoms with E-state index in [0.29, 0.717) is 11.3 Å². The van der Waals surface area contributed by atoms with Gasteiger partial charge < -0.3 is 4.74 Å². The van der Waals surface area contributed by atoms with E-state index in [4.69, 9.17) is 4.74 Å². The predicted molar refractivity (Wildman–Crippen MR) is 63.4 cm³/mol. The normalized spacial score (nSPS) is 9.85. The number of Topliss-reactive ketones (excluding diaryl/α,β-unsaturated/α-hetero) is 1. The van der Waals surface area contributed by atoms with Gasteiger partial charge in [0, 0.05) is 8.04 Å². The van der Waals surface area contributed by atoms with Gasteiger partial charge in [-0.1, -0.05) is 0 Å². The first-order valence-corrected chi connectivity index (χ1v) is 5.47. The number of ketones is 1. The zero-order valence-electron chi connectivity index (χ0n) is 7.23. The van der Waals surface area contributed by atoms with Gasteiger partial charge in [-0.3, -0.25) is 4.79 Å². The van der Waals surface area contributed by atoms with Crippen LogP contribution in [0.15, 0.2) is 16.6 Å². The molecule has 0 aliphatic carbocycles. The maximum atomic E-state index is 11.2. The molecule has 0 unspecified atom stereocenters. The Morgan fingerprint density at radius 3 is 2.62 bits per heavy atom. The lowest BCUT2D eigenvalue weighted by Gasteiger charge is -2.07. The molecule has 0 fully saturated rings. The molecule has 2 nitrogen and oxygen atoms in total. The lowest BCUT2D eigenvalue weighted by Crippen LogP contribution is -1.98. The SMILES string of the molecule is COc1cc(I)c(Br)cc1C(C)=O.